The van der Waals surface area contributed by atoms with Gasteiger partial charge in [-0.05, 0) is 35.9 Å². The highest BCUT2D eigenvalue weighted by Crippen LogP contribution is 2.34. The topological polar surface area (TPSA) is 72.2 Å². The van der Waals surface area contributed by atoms with E-state index in [-0.39, 0.29) is 21.7 Å². The van der Waals surface area contributed by atoms with Crippen molar-refractivity contribution in [2.75, 3.05) is 5.32 Å². The lowest BCUT2D eigenvalue weighted by molar-refractivity contribution is 0.576. The number of benzene rings is 3. The number of nitrogens with zero attached hydrogens (tertiary/aromatic N) is 1. The van der Waals surface area contributed by atoms with Gasteiger partial charge in [0.15, 0.2) is 0 Å². The fourth-order valence-electron chi connectivity index (χ4n) is 2.89. The Labute approximate surface area is 184 Å². The van der Waals surface area contributed by atoms with E-state index in [1.807, 2.05) is 30.3 Å². The van der Waals surface area contributed by atoms with Crippen LogP contribution in [0.15, 0.2) is 93.2 Å². The van der Waals surface area contributed by atoms with Gasteiger partial charge in [0.05, 0.1) is 4.90 Å². The molecule has 0 fully saturated rings. The lowest BCUT2D eigenvalue weighted by Crippen LogP contribution is -2.07. The normalized spacial score (nSPS) is 11.4. The van der Waals surface area contributed by atoms with Crippen LogP contribution >= 0.6 is 23.2 Å². The zero-order valence-electron chi connectivity index (χ0n) is 15.5. The molecular weight excluding hydrogens is 443 g/mol. The Balaban J connectivity index is 1.79. The molecule has 0 unspecified atom stereocenters. The van der Waals surface area contributed by atoms with E-state index in [1.54, 1.807) is 36.4 Å². The summed E-state index contributed by atoms with van der Waals surface area (Å²) in [7, 11) is -3.91. The minimum atomic E-state index is -3.91. The first kappa shape index (κ1) is 20.5. The van der Waals surface area contributed by atoms with Crippen LogP contribution < -0.4 is 5.32 Å². The number of sulfone groups is 1. The standard InChI is InChI=1S/C22H16Cl2N2O3S/c23-17-11-16(12-18(24)13-17)20-26-22(30(27,28)19-9-5-2-6-10-19)21(29-20)25-14-15-7-3-1-4-8-15/h1-13,25H,14H2. The second-order valence-corrected chi connectivity index (χ2v) is 9.20. The molecule has 1 heterocycles. The Kier molecular flexibility index (Phi) is 5.81. The number of hydrogen-bond acceptors (Lipinski definition) is 5. The summed E-state index contributed by atoms with van der Waals surface area (Å²) in [6.07, 6.45) is 0. The number of aromatic nitrogens is 1. The third-order valence-corrected chi connectivity index (χ3v) is 6.42. The smallest absolute Gasteiger partial charge is 0.234 e. The molecule has 0 aliphatic heterocycles. The van der Waals surface area contributed by atoms with Gasteiger partial charge in [-0.3, -0.25) is 0 Å². The van der Waals surface area contributed by atoms with Gasteiger partial charge in [0, 0.05) is 22.2 Å². The molecular formula is C22H16Cl2N2O3S. The van der Waals surface area contributed by atoms with Gasteiger partial charge in [-0.2, -0.15) is 4.98 Å². The lowest BCUT2D eigenvalue weighted by Gasteiger charge is -2.06. The highest BCUT2D eigenvalue weighted by molar-refractivity contribution is 7.91. The summed E-state index contributed by atoms with van der Waals surface area (Å²) in [5, 5.41) is 3.63. The van der Waals surface area contributed by atoms with Gasteiger partial charge in [-0.1, -0.05) is 71.7 Å². The van der Waals surface area contributed by atoms with E-state index in [0.717, 1.165) is 5.56 Å². The molecule has 152 valence electrons. The summed E-state index contributed by atoms with van der Waals surface area (Å²) in [6, 6.07) is 22.4. The van der Waals surface area contributed by atoms with Gasteiger partial charge >= 0.3 is 0 Å². The first-order chi connectivity index (χ1) is 14.4. The molecule has 0 aliphatic carbocycles. The minimum Gasteiger partial charge on any atom is -0.419 e. The number of anilines is 1. The van der Waals surface area contributed by atoms with Crippen LogP contribution in [0.5, 0.6) is 0 Å². The van der Waals surface area contributed by atoms with Gasteiger partial charge in [0.1, 0.15) is 0 Å². The van der Waals surface area contributed by atoms with E-state index in [4.69, 9.17) is 27.6 Å². The highest BCUT2D eigenvalue weighted by atomic mass is 35.5. The summed E-state index contributed by atoms with van der Waals surface area (Å²) in [4.78, 5) is 4.41. The molecule has 0 saturated carbocycles. The molecule has 0 aliphatic rings. The van der Waals surface area contributed by atoms with Gasteiger partial charge in [0.2, 0.25) is 26.6 Å². The summed E-state index contributed by atoms with van der Waals surface area (Å²) in [6.45, 7) is 0.364. The summed E-state index contributed by atoms with van der Waals surface area (Å²) in [5.41, 5.74) is 1.44. The molecule has 30 heavy (non-hydrogen) atoms. The fourth-order valence-corrected chi connectivity index (χ4v) is 4.72. The molecule has 0 bridgehead atoms. The van der Waals surface area contributed by atoms with Crippen LogP contribution in [-0.4, -0.2) is 13.4 Å². The van der Waals surface area contributed by atoms with Crippen molar-refractivity contribution in [1.29, 1.82) is 0 Å². The van der Waals surface area contributed by atoms with Crippen molar-refractivity contribution in [2.24, 2.45) is 0 Å². The SMILES string of the molecule is O=S(=O)(c1ccccc1)c1nc(-c2cc(Cl)cc(Cl)c2)oc1NCc1ccccc1. The predicted molar refractivity (Wildman–Crippen MR) is 118 cm³/mol. The Morgan fingerprint density at radius 2 is 1.47 bits per heavy atom. The van der Waals surface area contributed by atoms with Crippen molar-refractivity contribution in [3.8, 4) is 11.5 Å². The molecule has 8 heteroatoms. The van der Waals surface area contributed by atoms with Gasteiger partial charge in [-0.15, -0.1) is 0 Å². The van der Waals surface area contributed by atoms with Crippen molar-refractivity contribution in [3.05, 3.63) is 94.5 Å². The molecule has 1 N–H and O–H groups in total. The van der Waals surface area contributed by atoms with Crippen LogP contribution in [0.3, 0.4) is 0 Å². The average molecular weight is 459 g/mol. The first-order valence-corrected chi connectivity index (χ1v) is 11.2. The molecule has 1 aromatic heterocycles. The largest absolute Gasteiger partial charge is 0.419 e. The van der Waals surface area contributed by atoms with E-state index < -0.39 is 9.84 Å². The molecule has 3 aromatic carbocycles. The monoisotopic (exact) mass is 458 g/mol. The van der Waals surface area contributed by atoms with Gasteiger partial charge in [0.25, 0.3) is 0 Å². The third-order valence-electron chi connectivity index (χ3n) is 4.31. The summed E-state index contributed by atoms with van der Waals surface area (Å²) < 4.78 is 32.3. The molecule has 4 aromatic rings. The minimum absolute atomic E-state index is 0.0498. The maximum absolute atomic E-state index is 13.2. The second-order valence-electron chi connectivity index (χ2n) is 6.47. The van der Waals surface area contributed by atoms with Gasteiger partial charge in [-0.25, -0.2) is 8.42 Å². The Bertz CT molecular complexity index is 1250. The van der Waals surface area contributed by atoms with Crippen molar-refractivity contribution in [3.63, 3.8) is 0 Å². The molecule has 0 radical (unpaired) electrons. The fraction of sp³-hybridized carbons (Fsp3) is 0.0455. The molecule has 0 spiro atoms. The molecule has 0 atom stereocenters. The zero-order valence-corrected chi connectivity index (χ0v) is 17.9. The molecule has 0 saturated heterocycles. The molecule has 5 nitrogen and oxygen atoms in total. The number of halogens is 2. The maximum atomic E-state index is 13.2. The first-order valence-electron chi connectivity index (χ1n) is 8.99. The Morgan fingerprint density at radius 3 is 2.10 bits per heavy atom. The van der Waals surface area contributed by atoms with Crippen LogP contribution in [0.4, 0.5) is 5.88 Å². The van der Waals surface area contributed by atoms with Gasteiger partial charge < -0.3 is 9.73 Å². The highest BCUT2D eigenvalue weighted by Gasteiger charge is 2.28. The predicted octanol–water partition coefficient (Wildman–Crippen LogP) is 6.09. The quantitative estimate of drug-likeness (QED) is 0.378. The van der Waals surface area contributed by atoms with E-state index in [0.29, 0.717) is 22.2 Å². The molecule has 0 amide bonds. The van der Waals surface area contributed by atoms with E-state index in [1.165, 1.54) is 12.1 Å². The maximum Gasteiger partial charge on any atom is 0.234 e. The van der Waals surface area contributed by atoms with Crippen molar-refractivity contribution in [2.45, 2.75) is 16.5 Å². The Hall–Kier alpha value is -2.80. The number of nitrogens with one attached hydrogen (secondary N) is 1. The van der Waals surface area contributed by atoms with Crippen molar-refractivity contribution >= 4 is 38.9 Å². The number of rotatable bonds is 6. The second kappa shape index (κ2) is 8.52. The van der Waals surface area contributed by atoms with Crippen LogP contribution in [0, 0.1) is 0 Å². The van der Waals surface area contributed by atoms with E-state index in [9.17, 15) is 8.42 Å². The third kappa shape index (κ3) is 4.36. The molecule has 4 rings (SSSR count). The van der Waals surface area contributed by atoms with Crippen LogP contribution in [0.1, 0.15) is 5.56 Å². The number of hydrogen-bond donors (Lipinski definition) is 1. The lowest BCUT2D eigenvalue weighted by atomic mass is 10.2. The van der Waals surface area contributed by atoms with Crippen molar-refractivity contribution in [1.82, 2.24) is 4.98 Å². The van der Waals surface area contributed by atoms with E-state index >= 15 is 0 Å². The van der Waals surface area contributed by atoms with E-state index in [2.05, 4.69) is 10.3 Å². The summed E-state index contributed by atoms with van der Waals surface area (Å²) in [5.74, 6) is 0.151. The van der Waals surface area contributed by atoms with Crippen LogP contribution in [0.25, 0.3) is 11.5 Å². The summed E-state index contributed by atoms with van der Waals surface area (Å²) >= 11 is 12.2. The van der Waals surface area contributed by atoms with Crippen molar-refractivity contribution < 1.29 is 12.8 Å². The Morgan fingerprint density at radius 1 is 0.867 bits per heavy atom. The van der Waals surface area contributed by atoms with Crippen LogP contribution in [0.2, 0.25) is 10.0 Å². The zero-order chi connectivity index (χ0) is 21.1. The number of oxazole rings is 1. The average Bonchev–Trinajstić information content (AvgIpc) is 3.18. The van der Waals surface area contributed by atoms with Crippen LogP contribution in [-0.2, 0) is 16.4 Å².